The fraction of sp³-hybridized carbons (Fsp3) is 0.452. The molecule has 1 N–H and O–H groups in total. The number of hydrogen-bond acceptors (Lipinski definition) is 5. The van der Waals surface area contributed by atoms with Crippen molar-refractivity contribution < 1.29 is 18.8 Å². The Morgan fingerprint density at radius 3 is 2.42 bits per heavy atom. The van der Waals surface area contributed by atoms with Crippen LogP contribution in [0.2, 0.25) is 0 Å². The molecule has 8 nitrogen and oxygen atoms in total. The van der Waals surface area contributed by atoms with E-state index in [1.54, 1.807) is 34.1 Å². The first-order chi connectivity index (χ1) is 19.4. The number of nitrogens with one attached hydrogen (secondary N) is 1. The van der Waals surface area contributed by atoms with Crippen molar-refractivity contribution in [3.8, 4) is 0 Å². The molecule has 0 spiro atoms. The summed E-state index contributed by atoms with van der Waals surface area (Å²) in [7, 11) is 3.60. The number of carbonyl (C=O) groups excluding carboxylic acids is 3. The van der Waals surface area contributed by atoms with Gasteiger partial charge in [-0.2, -0.15) is 0 Å². The highest BCUT2D eigenvalue weighted by Gasteiger charge is 2.48. The fourth-order valence-corrected chi connectivity index (χ4v) is 5.64. The quantitative estimate of drug-likeness (QED) is 0.404. The fourth-order valence-electron chi connectivity index (χ4n) is 5.64. The van der Waals surface area contributed by atoms with E-state index in [0.29, 0.717) is 19.5 Å². The number of hydrogen-bond donors (Lipinski definition) is 1. The van der Waals surface area contributed by atoms with E-state index in [0.717, 1.165) is 43.3 Å². The van der Waals surface area contributed by atoms with Crippen LogP contribution in [-0.2, 0) is 27.3 Å². The average Bonchev–Trinajstić information content (AvgIpc) is 2.96. The maximum atomic E-state index is 13.5. The van der Waals surface area contributed by atoms with Gasteiger partial charge >= 0.3 is 0 Å². The zero-order valence-corrected chi connectivity index (χ0v) is 23.5. The summed E-state index contributed by atoms with van der Waals surface area (Å²) in [4.78, 5) is 41.7. The predicted molar refractivity (Wildman–Crippen MR) is 152 cm³/mol. The summed E-state index contributed by atoms with van der Waals surface area (Å²) >= 11 is 0. The summed E-state index contributed by atoms with van der Waals surface area (Å²) in [6, 6.07) is 15.7. The van der Waals surface area contributed by atoms with E-state index >= 15 is 0 Å². The number of hydrazine groups is 1. The van der Waals surface area contributed by atoms with Crippen molar-refractivity contribution in [1.82, 2.24) is 25.1 Å². The van der Waals surface area contributed by atoms with E-state index < -0.39 is 12.2 Å². The number of amides is 3. The molecule has 1 unspecified atom stereocenters. The number of allylic oxidation sites excluding steroid dienone is 1. The molecule has 2 aromatic carbocycles. The Morgan fingerprint density at radius 1 is 1.02 bits per heavy atom. The maximum Gasteiger partial charge on any atom is 0.245 e. The Morgan fingerprint density at radius 2 is 1.77 bits per heavy atom. The van der Waals surface area contributed by atoms with Crippen LogP contribution in [0.5, 0.6) is 0 Å². The van der Waals surface area contributed by atoms with Gasteiger partial charge in [0.15, 0.2) is 0 Å². The van der Waals surface area contributed by atoms with Gasteiger partial charge in [-0.15, -0.1) is 0 Å². The first-order valence-electron chi connectivity index (χ1n) is 14.1. The van der Waals surface area contributed by atoms with Crippen molar-refractivity contribution >= 4 is 18.2 Å². The third kappa shape index (κ3) is 7.34. The minimum atomic E-state index is -0.588. The normalized spacial score (nSPS) is 21.4. The van der Waals surface area contributed by atoms with Crippen LogP contribution in [0, 0.1) is 5.82 Å². The number of carbonyl (C=O) groups is 3. The number of halogens is 1. The van der Waals surface area contributed by atoms with E-state index in [2.05, 4.69) is 11.4 Å². The highest BCUT2D eigenvalue weighted by molar-refractivity contribution is 5.91. The van der Waals surface area contributed by atoms with Crippen LogP contribution in [0.15, 0.2) is 66.2 Å². The van der Waals surface area contributed by atoms with Crippen LogP contribution in [0.1, 0.15) is 43.2 Å². The van der Waals surface area contributed by atoms with Crippen molar-refractivity contribution in [1.29, 1.82) is 0 Å². The van der Waals surface area contributed by atoms with E-state index in [4.69, 9.17) is 0 Å². The minimum Gasteiger partial charge on any atom is -0.337 e. The lowest BCUT2D eigenvalue weighted by Gasteiger charge is -2.53. The maximum absolute atomic E-state index is 13.5. The Balaban J connectivity index is 0.000000312. The predicted octanol–water partition coefficient (Wildman–Crippen LogP) is 3.35. The Bertz CT molecular complexity index is 1170. The number of benzene rings is 2. The van der Waals surface area contributed by atoms with Gasteiger partial charge in [0.2, 0.25) is 18.2 Å². The molecule has 2 aliphatic heterocycles. The van der Waals surface area contributed by atoms with Crippen LogP contribution < -0.4 is 5.32 Å². The standard InChI is InChI=1S/C23H30N4O3.C8H10FN/c1-24-16-22(29)27-20(14-19-10-6-3-7-11-19)23(30)25(15-21(27)26(24)17-28)13-12-18-8-4-2-5-9-18;1-10-6-7-2-4-8(9)5-3-7/h3,6-8,10-11,17,20-21H,2,4-5,9,12-16H2,1H3;2-5,10H,6H2,1H3/t20-,21?;/m0./s1. The second kappa shape index (κ2) is 14.2. The van der Waals surface area contributed by atoms with Crippen molar-refractivity contribution in [2.45, 2.75) is 57.3 Å². The first kappa shape index (κ1) is 29.4. The average molecular weight is 550 g/mol. The van der Waals surface area contributed by atoms with Crippen LogP contribution >= 0.6 is 0 Å². The van der Waals surface area contributed by atoms with Crippen molar-refractivity contribution in [3.05, 3.63) is 83.2 Å². The van der Waals surface area contributed by atoms with Crippen LogP contribution in [0.25, 0.3) is 0 Å². The molecule has 2 atom stereocenters. The number of fused-ring (bicyclic) bond motifs is 1. The second-order valence-electron chi connectivity index (χ2n) is 10.6. The number of nitrogens with zero attached hydrogens (tertiary/aromatic N) is 4. The molecule has 40 heavy (non-hydrogen) atoms. The molecule has 0 radical (unpaired) electrons. The molecular weight excluding hydrogens is 509 g/mol. The number of likely N-dealkylation sites (N-methyl/N-ethyl adjacent to an activating group) is 1. The lowest BCUT2D eigenvalue weighted by molar-refractivity contribution is -0.196. The minimum absolute atomic E-state index is 0.0183. The van der Waals surface area contributed by atoms with Crippen molar-refractivity contribution in [2.75, 3.05) is 33.7 Å². The van der Waals surface area contributed by atoms with E-state index in [1.807, 2.05) is 42.3 Å². The monoisotopic (exact) mass is 549 g/mol. The second-order valence-corrected chi connectivity index (χ2v) is 10.6. The van der Waals surface area contributed by atoms with Crippen LogP contribution in [-0.4, -0.2) is 84.0 Å². The SMILES string of the molecule is CN1CC(=O)N2C(CN(CCC3=CCCCC3)C(=O)[C@@H]2Cc2ccccc2)N1C=O.CNCc1ccc(F)cc1. The molecule has 1 aliphatic carbocycles. The van der Waals surface area contributed by atoms with Crippen molar-refractivity contribution in [3.63, 3.8) is 0 Å². The van der Waals surface area contributed by atoms with Crippen LogP contribution in [0.3, 0.4) is 0 Å². The lowest BCUT2D eigenvalue weighted by Crippen LogP contribution is -2.74. The molecule has 214 valence electrons. The zero-order chi connectivity index (χ0) is 28.5. The zero-order valence-electron chi connectivity index (χ0n) is 23.5. The molecule has 9 heteroatoms. The molecule has 5 rings (SSSR count). The van der Waals surface area contributed by atoms with Gasteiger partial charge in [0.1, 0.15) is 18.0 Å². The Labute approximate surface area is 236 Å². The molecule has 2 fully saturated rings. The van der Waals surface area contributed by atoms with E-state index in [-0.39, 0.29) is 24.2 Å². The summed E-state index contributed by atoms with van der Waals surface area (Å²) in [6.07, 6.45) is 8.61. The Kier molecular flexibility index (Phi) is 10.4. The highest BCUT2D eigenvalue weighted by Crippen LogP contribution is 2.28. The van der Waals surface area contributed by atoms with Gasteiger partial charge < -0.3 is 15.1 Å². The van der Waals surface area contributed by atoms with Gasteiger partial charge in [-0.3, -0.25) is 19.4 Å². The molecule has 2 aromatic rings. The topological polar surface area (TPSA) is 76.2 Å². The van der Waals surface area contributed by atoms with E-state index in [9.17, 15) is 18.8 Å². The number of rotatable bonds is 8. The van der Waals surface area contributed by atoms with Gasteiger partial charge in [-0.25, -0.2) is 9.40 Å². The summed E-state index contributed by atoms with van der Waals surface area (Å²) in [5, 5.41) is 6.18. The Hall–Kier alpha value is -3.56. The first-order valence-corrected chi connectivity index (χ1v) is 14.1. The van der Waals surface area contributed by atoms with Crippen LogP contribution in [0.4, 0.5) is 4.39 Å². The summed E-state index contributed by atoms with van der Waals surface area (Å²) in [5.74, 6) is -0.306. The van der Waals surface area contributed by atoms with Gasteiger partial charge in [-0.05, 0) is 62.4 Å². The summed E-state index contributed by atoms with van der Waals surface area (Å²) < 4.78 is 12.3. The molecule has 0 saturated carbocycles. The largest absolute Gasteiger partial charge is 0.337 e. The number of piperazine rings is 1. The van der Waals surface area contributed by atoms with E-state index in [1.165, 1.54) is 30.5 Å². The van der Waals surface area contributed by atoms with Gasteiger partial charge in [0, 0.05) is 26.6 Å². The molecular formula is C31H40FN5O3. The highest BCUT2D eigenvalue weighted by atomic mass is 19.1. The van der Waals surface area contributed by atoms with Crippen molar-refractivity contribution in [2.24, 2.45) is 0 Å². The third-order valence-corrected chi connectivity index (χ3v) is 7.75. The van der Waals surface area contributed by atoms with Gasteiger partial charge in [0.25, 0.3) is 0 Å². The van der Waals surface area contributed by atoms with Gasteiger partial charge in [0.05, 0.1) is 13.1 Å². The molecule has 3 amide bonds. The summed E-state index contributed by atoms with van der Waals surface area (Å²) in [6.45, 7) is 1.87. The lowest BCUT2D eigenvalue weighted by atomic mass is 9.95. The molecule has 0 bridgehead atoms. The molecule has 2 heterocycles. The molecule has 0 aromatic heterocycles. The molecule has 2 saturated heterocycles. The van der Waals surface area contributed by atoms with Gasteiger partial charge in [-0.1, -0.05) is 54.1 Å². The summed E-state index contributed by atoms with van der Waals surface area (Å²) in [5.41, 5.74) is 3.53. The smallest absolute Gasteiger partial charge is 0.245 e. The third-order valence-electron chi connectivity index (χ3n) is 7.75. The molecule has 3 aliphatic rings.